The quantitative estimate of drug-likeness (QED) is 0.0505. The maximum absolute atomic E-state index is 12.7. The molecule has 47 heavy (non-hydrogen) atoms. The fourth-order valence-corrected chi connectivity index (χ4v) is 5.41. The van der Waals surface area contributed by atoms with E-state index in [1.54, 1.807) is 72.8 Å². The Morgan fingerprint density at radius 3 is 1.60 bits per heavy atom. The van der Waals surface area contributed by atoms with Gasteiger partial charge < -0.3 is 23.8 Å². The Kier molecular flexibility index (Phi) is 12.6. The van der Waals surface area contributed by atoms with E-state index in [-0.39, 0.29) is 0 Å². The van der Waals surface area contributed by atoms with Crippen LogP contribution in [-0.2, 0) is 6.54 Å². The van der Waals surface area contributed by atoms with Crippen molar-refractivity contribution in [2.24, 2.45) is 0 Å². The molecular formula is C39H45N2O6+. The zero-order valence-corrected chi connectivity index (χ0v) is 27.3. The summed E-state index contributed by atoms with van der Waals surface area (Å²) in [6.07, 6.45) is 13.9. The van der Waals surface area contributed by atoms with Gasteiger partial charge in [0.25, 0.3) is 0 Å². The average Bonchev–Trinajstić information content (AvgIpc) is 3.65. The van der Waals surface area contributed by atoms with E-state index in [1.807, 2.05) is 0 Å². The molecule has 0 aliphatic carbocycles. The van der Waals surface area contributed by atoms with Crippen molar-refractivity contribution in [1.29, 1.82) is 0 Å². The molecule has 246 valence electrons. The Bertz CT molecular complexity index is 1530. The van der Waals surface area contributed by atoms with Gasteiger partial charge in [0.1, 0.15) is 29.6 Å². The first kappa shape index (κ1) is 33.5. The molecule has 3 aromatic carbocycles. The first-order valence-corrected chi connectivity index (χ1v) is 16.8. The molecule has 0 saturated carbocycles. The molecule has 0 bridgehead atoms. The van der Waals surface area contributed by atoms with Crippen molar-refractivity contribution in [2.75, 3.05) is 31.2 Å². The lowest BCUT2D eigenvalue weighted by Crippen LogP contribution is -2.36. The van der Waals surface area contributed by atoms with Gasteiger partial charge >= 0.3 is 11.9 Å². The minimum absolute atomic E-state index is 0.342. The van der Waals surface area contributed by atoms with Crippen LogP contribution < -0.4 is 28.4 Å². The number of unbranched alkanes of at least 4 members (excludes halogenated alkanes) is 5. The molecule has 1 aliphatic heterocycles. The number of aromatic nitrogens is 1. The van der Waals surface area contributed by atoms with E-state index in [0.29, 0.717) is 41.6 Å². The summed E-state index contributed by atoms with van der Waals surface area (Å²) in [6.45, 7) is 6.37. The highest BCUT2D eigenvalue weighted by molar-refractivity contribution is 5.92. The van der Waals surface area contributed by atoms with Crippen molar-refractivity contribution in [3.05, 3.63) is 108 Å². The van der Waals surface area contributed by atoms with Crippen LogP contribution in [0.25, 0.3) is 0 Å². The van der Waals surface area contributed by atoms with E-state index >= 15 is 0 Å². The normalized spacial score (nSPS) is 12.5. The minimum Gasteiger partial charge on any atom is -0.494 e. The Balaban J connectivity index is 1.01. The van der Waals surface area contributed by atoms with Gasteiger partial charge in [0.05, 0.1) is 17.7 Å². The van der Waals surface area contributed by atoms with Crippen LogP contribution in [0.15, 0.2) is 97.3 Å². The van der Waals surface area contributed by atoms with Crippen LogP contribution in [0.1, 0.15) is 79.0 Å². The SMILES string of the molecule is CCCCCCCCOc1ccc(C(=O)Oc2ccc(OC(=O)c3ccc(OCC[n+]4ccc(N5CCCC5)cc4)cc3)cc2)cc1. The number of esters is 2. The molecule has 1 saturated heterocycles. The molecule has 0 radical (unpaired) electrons. The van der Waals surface area contributed by atoms with Gasteiger partial charge in [0, 0.05) is 30.9 Å². The number of carbonyl (C=O) groups is 2. The summed E-state index contributed by atoms with van der Waals surface area (Å²) in [5, 5.41) is 0. The van der Waals surface area contributed by atoms with Gasteiger partial charge in [-0.25, -0.2) is 14.2 Å². The standard InChI is InChI=1S/C39H45N2O6/c1-2-3-4-5-6-9-29-44-34-14-10-31(11-15-34)38(42)46-36-18-20-37(21-19-36)47-39(43)32-12-16-35(17-13-32)45-30-28-40-26-22-33(23-27-40)41-24-7-8-25-41/h10-23,26-27H,2-9,24-25,28-30H2,1H3/q+1. The zero-order valence-electron chi connectivity index (χ0n) is 27.3. The monoisotopic (exact) mass is 637 g/mol. The third-order valence-corrected chi connectivity index (χ3v) is 8.15. The lowest BCUT2D eigenvalue weighted by molar-refractivity contribution is -0.697. The van der Waals surface area contributed by atoms with Crippen LogP contribution in [0, 0.1) is 0 Å². The van der Waals surface area contributed by atoms with Crippen LogP contribution in [0.4, 0.5) is 5.69 Å². The van der Waals surface area contributed by atoms with Gasteiger partial charge in [-0.15, -0.1) is 0 Å². The number of ether oxygens (including phenoxy) is 4. The van der Waals surface area contributed by atoms with Crippen molar-refractivity contribution in [3.8, 4) is 23.0 Å². The topological polar surface area (TPSA) is 78.2 Å². The molecule has 2 heterocycles. The van der Waals surface area contributed by atoms with Crippen LogP contribution in [0.5, 0.6) is 23.0 Å². The first-order chi connectivity index (χ1) is 23.1. The molecule has 4 aromatic rings. The van der Waals surface area contributed by atoms with Crippen molar-refractivity contribution in [1.82, 2.24) is 0 Å². The minimum atomic E-state index is -0.492. The lowest BCUT2D eigenvalue weighted by Gasteiger charge is -2.16. The number of carbonyl (C=O) groups excluding carboxylic acids is 2. The van der Waals surface area contributed by atoms with E-state index < -0.39 is 11.9 Å². The number of benzene rings is 3. The van der Waals surface area contributed by atoms with E-state index in [2.05, 4.69) is 40.9 Å². The van der Waals surface area contributed by atoms with Crippen molar-refractivity contribution in [3.63, 3.8) is 0 Å². The summed E-state index contributed by atoms with van der Waals surface area (Å²) >= 11 is 0. The maximum Gasteiger partial charge on any atom is 0.343 e. The fraction of sp³-hybridized carbons (Fsp3) is 0.359. The number of anilines is 1. The second-order valence-electron chi connectivity index (χ2n) is 11.8. The van der Waals surface area contributed by atoms with Crippen molar-refractivity contribution >= 4 is 17.6 Å². The highest BCUT2D eigenvalue weighted by Crippen LogP contribution is 2.22. The number of hydrogen-bond donors (Lipinski definition) is 0. The Morgan fingerprint density at radius 2 is 1.06 bits per heavy atom. The van der Waals surface area contributed by atoms with Gasteiger partial charge in [-0.3, -0.25) is 0 Å². The van der Waals surface area contributed by atoms with Crippen LogP contribution in [-0.4, -0.2) is 38.2 Å². The van der Waals surface area contributed by atoms with Crippen LogP contribution >= 0.6 is 0 Å². The molecule has 5 rings (SSSR count). The second-order valence-corrected chi connectivity index (χ2v) is 11.8. The van der Waals surface area contributed by atoms with Crippen LogP contribution in [0.2, 0.25) is 0 Å². The molecule has 0 atom stereocenters. The Hall–Kier alpha value is -4.85. The molecule has 0 unspecified atom stereocenters. The summed E-state index contributed by atoms with van der Waals surface area (Å²) in [7, 11) is 0. The van der Waals surface area contributed by atoms with Crippen molar-refractivity contribution < 1.29 is 33.1 Å². The molecule has 0 amide bonds. The highest BCUT2D eigenvalue weighted by atomic mass is 16.5. The number of nitrogens with zero attached hydrogens (tertiary/aromatic N) is 2. The molecule has 8 nitrogen and oxygen atoms in total. The van der Waals surface area contributed by atoms with E-state index in [0.717, 1.165) is 31.8 Å². The van der Waals surface area contributed by atoms with E-state index in [9.17, 15) is 9.59 Å². The van der Waals surface area contributed by atoms with E-state index in [1.165, 1.54) is 50.6 Å². The summed E-state index contributed by atoms with van der Waals surface area (Å²) < 4.78 is 24.8. The average molecular weight is 638 g/mol. The largest absolute Gasteiger partial charge is 0.494 e. The zero-order chi connectivity index (χ0) is 32.7. The number of rotatable bonds is 17. The van der Waals surface area contributed by atoms with Gasteiger partial charge in [0.15, 0.2) is 18.9 Å². The summed E-state index contributed by atoms with van der Waals surface area (Å²) in [4.78, 5) is 27.7. The molecule has 0 N–H and O–H groups in total. The maximum atomic E-state index is 12.7. The van der Waals surface area contributed by atoms with Gasteiger partial charge in [-0.1, -0.05) is 39.0 Å². The van der Waals surface area contributed by atoms with Gasteiger partial charge in [-0.05, 0) is 92.1 Å². The summed E-state index contributed by atoms with van der Waals surface area (Å²) in [5.74, 6) is 1.13. The second kappa shape index (κ2) is 17.7. The van der Waals surface area contributed by atoms with Crippen molar-refractivity contribution in [2.45, 2.75) is 64.8 Å². The summed E-state index contributed by atoms with van der Waals surface area (Å²) in [6, 6.07) is 24.5. The summed E-state index contributed by atoms with van der Waals surface area (Å²) in [5.41, 5.74) is 2.09. The first-order valence-electron chi connectivity index (χ1n) is 16.8. The molecule has 0 spiro atoms. The third-order valence-electron chi connectivity index (χ3n) is 8.15. The highest BCUT2D eigenvalue weighted by Gasteiger charge is 2.14. The van der Waals surface area contributed by atoms with Crippen LogP contribution in [0.3, 0.4) is 0 Å². The molecule has 1 aliphatic rings. The van der Waals surface area contributed by atoms with Gasteiger partial charge in [0.2, 0.25) is 0 Å². The lowest BCUT2D eigenvalue weighted by atomic mass is 10.1. The Morgan fingerprint density at radius 1 is 0.596 bits per heavy atom. The predicted molar refractivity (Wildman–Crippen MR) is 182 cm³/mol. The third kappa shape index (κ3) is 10.6. The smallest absolute Gasteiger partial charge is 0.343 e. The van der Waals surface area contributed by atoms with E-state index in [4.69, 9.17) is 18.9 Å². The molecule has 1 aromatic heterocycles. The molecule has 8 heteroatoms. The Labute approximate surface area is 277 Å². The van der Waals surface area contributed by atoms with Gasteiger partial charge in [-0.2, -0.15) is 0 Å². The number of hydrogen-bond acceptors (Lipinski definition) is 7. The fourth-order valence-electron chi connectivity index (χ4n) is 5.41. The predicted octanol–water partition coefficient (Wildman–Crippen LogP) is 7.83. The molecule has 1 fully saturated rings. The molecular weight excluding hydrogens is 592 g/mol. The number of pyridine rings is 1.